The van der Waals surface area contributed by atoms with Crippen molar-refractivity contribution in [1.82, 2.24) is 4.31 Å². The van der Waals surface area contributed by atoms with Gasteiger partial charge in [0, 0.05) is 18.8 Å². The Morgan fingerprint density at radius 2 is 1.78 bits per heavy atom. The predicted molar refractivity (Wildman–Crippen MR) is 63.3 cm³/mol. The van der Waals surface area contributed by atoms with Gasteiger partial charge in [0.1, 0.15) is 11.6 Å². The van der Waals surface area contributed by atoms with Crippen LogP contribution in [0.5, 0.6) is 0 Å². The third kappa shape index (κ3) is 2.23. The second-order valence-electron chi connectivity index (χ2n) is 3.94. The van der Waals surface area contributed by atoms with Crippen molar-refractivity contribution in [3.8, 4) is 0 Å². The average molecular weight is 274 g/mol. The van der Waals surface area contributed by atoms with Crippen LogP contribution in [0.1, 0.15) is 6.42 Å². The molecule has 0 bridgehead atoms. The monoisotopic (exact) mass is 274 g/mol. The number of nitrogens with zero attached hydrogens (tertiary/aromatic N) is 1. The minimum Gasteiger partial charge on any atom is -0.399 e. The Morgan fingerprint density at radius 3 is 2.28 bits per heavy atom. The van der Waals surface area contributed by atoms with Gasteiger partial charge in [-0.2, -0.15) is 4.31 Å². The number of hydrogen-bond acceptors (Lipinski definition) is 3. The molecule has 2 N–H and O–H groups in total. The van der Waals surface area contributed by atoms with E-state index in [2.05, 4.69) is 0 Å². The maximum Gasteiger partial charge on any atom is 0.249 e. The molecule has 1 aliphatic rings. The average Bonchev–Trinajstić information content (AvgIpc) is 2.28. The zero-order chi connectivity index (χ0) is 13.3. The van der Waals surface area contributed by atoms with Crippen LogP contribution in [0.15, 0.2) is 29.2 Å². The third-order valence-electron chi connectivity index (χ3n) is 2.64. The Hall–Kier alpha value is -1.47. The summed E-state index contributed by atoms with van der Waals surface area (Å²) in [7, 11) is -4.16. The molecule has 0 atom stereocenters. The molecule has 0 unspecified atom stereocenters. The number of anilines is 1. The van der Waals surface area contributed by atoms with E-state index >= 15 is 0 Å². The van der Waals surface area contributed by atoms with E-state index in [0.29, 0.717) is 6.42 Å². The molecule has 18 heavy (non-hydrogen) atoms. The molecule has 0 fully saturated rings. The maximum atomic E-state index is 13.6. The second-order valence-corrected chi connectivity index (χ2v) is 5.81. The number of nitrogen functional groups attached to an aromatic ring is 1. The zero-order valence-electron chi connectivity index (χ0n) is 9.44. The molecular formula is C11H12F2N2O2S. The summed E-state index contributed by atoms with van der Waals surface area (Å²) in [5.41, 5.74) is 5.10. The van der Waals surface area contributed by atoms with Crippen molar-refractivity contribution in [2.24, 2.45) is 0 Å². The fourth-order valence-electron chi connectivity index (χ4n) is 1.79. The molecule has 1 aromatic rings. The van der Waals surface area contributed by atoms with Gasteiger partial charge in [0.15, 0.2) is 4.90 Å². The van der Waals surface area contributed by atoms with Crippen molar-refractivity contribution in [2.45, 2.75) is 11.3 Å². The normalized spacial score (nSPS) is 17.0. The van der Waals surface area contributed by atoms with Crippen molar-refractivity contribution < 1.29 is 17.2 Å². The van der Waals surface area contributed by atoms with Crippen LogP contribution in [0.4, 0.5) is 14.5 Å². The summed E-state index contributed by atoms with van der Waals surface area (Å²) in [5.74, 6) is -2.33. The lowest BCUT2D eigenvalue weighted by Crippen LogP contribution is -2.34. The summed E-state index contributed by atoms with van der Waals surface area (Å²) in [6.07, 6.45) is 3.99. The van der Waals surface area contributed by atoms with Crippen LogP contribution >= 0.6 is 0 Å². The number of sulfonamides is 1. The van der Waals surface area contributed by atoms with Gasteiger partial charge in [-0.3, -0.25) is 0 Å². The minimum atomic E-state index is -4.16. The number of benzene rings is 1. The van der Waals surface area contributed by atoms with E-state index in [-0.39, 0.29) is 18.8 Å². The van der Waals surface area contributed by atoms with E-state index in [1.54, 1.807) is 6.08 Å². The zero-order valence-corrected chi connectivity index (χ0v) is 10.3. The first-order chi connectivity index (χ1) is 8.43. The fourth-order valence-corrected chi connectivity index (χ4v) is 3.29. The van der Waals surface area contributed by atoms with Crippen LogP contribution in [-0.2, 0) is 10.0 Å². The Labute approximate surface area is 104 Å². The maximum absolute atomic E-state index is 13.6. The molecule has 4 nitrogen and oxygen atoms in total. The van der Waals surface area contributed by atoms with Gasteiger partial charge in [-0.05, 0) is 18.6 Å². The molecule has 0 aromatic heterocycles. The molecule has 0 saturated carbocycles. The molecule has 0 spiro atoms. The van der Waals surface area contributed by atoms with Crippen molar-refractivity contribution in [3.63, 3.8) is 0 Å². The molecule has 98 valence electrons. The first-order valence-corrected chi connectivity index (χ1v) is 6.76. The Balaban J connectivity index is 2.51. The topological polar surface area (TPSA) is 63.4 Å². The summed E-state index contributed by atoms with van der Waals surface area (Å²) in [4.78, 5) is -0.938. The highest BCUT2D eigenvalue weighted by Gasteiger charge is 2.30. The highest BCUT2D eigenvalue weighted by atomic mass is 32.2. The summed E-state index contributed by atoms with van der Waals surface area (Å²) in [6, 6.07) is 1.60. The molecular weight excluding hydrogens is 262 g/mol. The van der Waals surface area contributed by atoms with Gasteiger partial charge in [0.2, 0.25) is 10.0 Å². The van der Waals surface area contributed by atoms with Crippen molar-refractivity contribution in [1.29, 1.82) is 0 Å². The van der Waals surface area contributed by atoms with E-state index in [1.165, 1.54) is 0 Å². The molecule has 7 heteroatoms. The Kier molecular flexibility index (Phi) is 3.36. The van der Waals surface area contributed by atoms with Crippen molar-refractivity contribution in [3.05, 3.63) is 35.9 Å². The lowest BCUT2D eigenvalue weighted by molar-refractivity contribution is 0.425. The van der Waals surface area contributed by atoms with Gasteiger partial charge < -0.3 is 5.73 Å². The summed E-state index contributed by atoms with van der Waals surface area (Å²) < 4.78 is 52.5. The first kappa shape index (κ1) is 13.0. The standard InChI is InChI=1S/C11H12F2N2O2S/c12-9-6-8(14)7-10(13)11(9)18(16,17)15-4-2-1-3-5-15/h1-2,6-7H,3-5,14H2. The molecule has 1 aliphatic heterocycles. The van der Waals surface area contributed by atoms with Crippen LogP contribution in [0.25, 0.3) is 0 Å². The SMILES string of the molecule is Nc1cc(F)c(S(=O)(=O)N2CC=CCC2)c(F)c1. The lowest BCUT2D eigenvalue weighted by Gasteiger charge is -2.23. The Bertz CT molecular complexity index is 576. The largest absolute Gasteiger partial charge is 0.399 e. The number of hydrogen-bond donors (Lipinski definition) is 1. The van der Waals surface area contributed by atoms with Crippen molar-refractivity contribution >= 4 is 15.7 Å². The van der Waals surface area contributed by atoms with Crippen molar-refractivity contribution in [2.75, 3.05) is 18.8 Å². The minimum absolute atomic E-state index is 0.117. The van der Waals surface area contributed by atoms with E-state index in [4.69, 9.17) is 5.73 Å². The van der Waals surface area contributed by atoms with Gasteiger partial charge in [0.25, 0.3) is 0 Å². The van der Waals surface area contributed by atoms with Gasteiger partial charge in [0.05, 0.1) is 0 Å². The van der Waals surface area contributed by atoms with Gasteiger partial charge in [-0.15, -0.1) is 0 Å². The van der Waals surface area contributed by atoms with Gasteiger partial charge in [-0.1, -0.05) is 12.2 Å². The van der Waals surface area contributed by atoms with Crippen LogP contribution in [-0.4, -0.2) is 25.8 Å². The number of rotatable bonds is 2. The van der Waals surface area contributed by atoms with Crippen LogP contribution in [0.3, 0.4) is 0 Å². The summed E-state index contributed by atoms with van der Waals surface area (Å²) in [5, 5.41) is 0. The van der Waals surface area contributed by atoms with Crippen LogP contribution in [0.2, 0.25) is 0 Å². The molecule has 0 radical (unpaired) electrons. The molecule has 1 aromatic carbocycles. The summed E-state index contributed by atoms with van der Waals surface area (Å²) >= 11 is 0. The highest BCUT2D eigenvalue weighted by molar-refractivity contribution is 7.89. The van der Waals surface area contributed by atoms with Gasteiger partial charge in [-0.25, -0.2) is 17.2 Å². The third-order valence-corrected chi connectivity index (χ3v) is 4.56. The van der Waals surface area contributed by atoms with Gasteiger partial charge >= 0.3 is 0 Å². The second kappa shape index (κ2) is 4.66. The van der Waals surface area contributed by atoms with E-state index in [9.17, 15) is 17.2 Å². The number of halogens is 2. The summed E-state index contributed by atoms with van der Waals surface area (Å²) in [6.45, 7) is 0.327. The quantitative estimate of drug-likeness (QED) is 0.656. The smallest absolute Gasteiger partial charge is 0.249 e. The molecule has 0 aliphatic carbocycles. The molecule has 1 heterocycles. The fraction of sp³-hybridized carbons (Fsp3) is 0.273. The van der Waals surface area contributed by atoms with Crippen LogP contribution < -0.4 is 5.73 Å². The molecule has 0 amide bonds. The van der Waals surface area contributed by atoms with Crippen LogP contribution in [0, 0.1) is 11.6 Å². The number of nitrogens with two attached hydrogens (primary N) is 1. The molecule has 2 rings (SSSR count). The first-order valence-electron chi connectivity index (χ1n) is 5.32. The highest BCUT2D eigenvalue weighted by Crippen LogP contribution is 2.25. The van der Waals surface area contributed by atoms with E-state index in [1.807, 2.05) is 6.08 Å². The predicted octanol–water partition coefficient (Wildman–Crippen LogP) is 1.50. The van der Waals surface area contributed by atoms with E-state index < -0.39 is 26.6 Å². The van der Waals surface area contributed by atoms with E-state index in [0.717, 1.165) is 16.4 Å². The molecule has 0 saturated heterocycles. The Morgan fingerprint density at radius 1 is 1.17 bits per heavy atom. The lowest BCUT2D eigenvalue weighted by atomic mass is 10.3.